The first-order valence-electron chi connectivity index (χ1n) is 9.63. The number of hydrogen-bond donors (Lipinski definition) is 2. The number of carboxylic acid groups (broad SMARTS) is 1. The van der Waals surface area contributed by atoms with E-state index in [-0.39, 0.29) is 17.2 Å². The van der Waals surface area contributed by atoms with E-state index in [1.165, 1.54) is 6.20 Å². The largest absolute Gasteiger partial charge is 0.490 e. The average Bonchev–Trinajstić information content (AvgIpc) is 3.15. The van der Waals surface area contributed by atoms with Crippen molar-refractivity contribution < 1.29 is 27.9 Å². The Morgan fingerprint density at radius 3 is 2.45 bits per heavy atom. The van der Waals surface area contributed by atoms with Gasteiger partial charge in [-0.15, -0.1) is 5.10 Å². The van der Waals surface area contributed by atoms with Gasteiger partial charge in [0.1, 0.15) is 5.69 Å². The lowest BCUT2D eigenvalue weighted by molar-refractivity contribution is -0.192. The Bertz CT molecular complexity index is 914. The third-order valence-corrected chi connectivity index (χ3v) is 4.57. The molecule has 0 aromatic carbocycles. The van der Waals surface area contributed by atoms with Crippen LogP contribution >= 0.6 is 0 Å². The Labute approximate surface area is 175 Å². The molecular formula is C18H23F3N6O4. The number of aryl methyl sites for hydroxylation is 1. The average molecular weight is 444 g/mol. The van der Waals surface area contributed by atoms with Gasteiger partial charge in [-0.05, 0) is 25.2 Å². The summed E-state index contributed by atoms with van der Waals surface area (Å²) in [7, 11) is 0. The quantitative estimate of drug-likeness (QED) is 0.714. The highest BCUT2D eigenvalue weighted by Gasteiger charge is 2.38. The molecule has 0 unspecified atom stereocenters. The molecule has 3 rings (SSSR count). The molecule has 1 saturated heterocycles. The van der Waals surface area contributed by atoms with E-state index in [0.717, 1.165) is 44.1 Å². The van der Waals surface area contributed by atoms with Gasteiger partial charge in [0.2, 0.25) is 0 Å². The number of hydrogen-bond acceptors (Lipinski definition) is 6. The van der Waals surface area contributed by atoms with Crippen molar-refractivity contribution in [3.63, 3.8) is 0 Å². The fourth-order valence-corrected chi connectivity index (χ4v) is 3.00. The molecule has 0 bridgehead atoms. The number of carboxylic acids is 1. The van der Waals surface area contributed by atoms with Crippen LogP contribution in [0, 0.1) is 5.92 Å². The molecule has 1 amide bonds. The molecule has 0 spiro atoms. The highest BCUT2D eigenvalue weighted by molar-refractivity contribution is 5.92. The van der Waals surface area contributed by atoms with Crippen molar-refractivity contribution >= 4 is 11.9 Å². The van der Waals surface area contributed by atoms with Gasteiger partial charge < -0.3 is 15.0 Å². The molecule has 3 heterocycles. The molecule has 0 aliphatic carbocycles. The van der Waals surface area contributed by atoms with Crippen molar-refractivity contribution in [2.24, 2.45) is 5.92 Å². The normalized spacial score (nSPS) is 14.6. The lowest BCUT2D eigenvalue weighted by Gasteiger charge is -2.31. The molecule has 2 N–H and O–H groups in total. The minimum Gasteiger partial charge on any atom is -0.475 e. The number of likely N-dealkylation sites (tertiary alicyclic amines) is 1. The summed E-state index contributed by atoms with van der Waals surface area (Å²) in [5.41, 5.74) is 1.02. The van der Waals surface area contributed by atoms with E-state index in [2.05, 4.69) is 27.2 Å². The molecule has 13 heteroatoms. The summed E-state index contributed by atoms with van der Waals surface area (Å²) in [4.78, 5) is 40.5. The number of halogens is 3. The maximum Gasteiger partial charge on any atom is 0.490 e. The number of amides is 1. The monoisotopic (exact) mass is 444 g/mol. The number of carbonyl (C=O) groups is 2. The molecule has 1 fully saturated rings. The van der Waals surface area contributed by atoms with Gasteiger partial charge in [0.05, 0.1) is 11.9 Å². The van der Waals surface area contributed by atoms with Gasteiger partial charge in [-0.1, -0.05) is 18.6 Å². The van der Waals surface area contributed by atoms with E-state index >= 15 is 0 Å². The van der Waals surface area contributed by atoms with Gasteiger partial charge in [0, 0.05) is 32.0 Å². The van der Waals surface area contributed by atoms with E-state index in [4.69, 9.17) is 9.90 Å². The zero-order valence-corrected chi connectivity index (χ0v) is 16.8. The number of piperidine rings is 1. The molecule has 0 saturated carbocycles. The summed E-state index contributed by atoms with van der Waals surface area (Å²) in [5.74, 6) is -2.39. The first kappa shape index (κ1) is 24.0. The first-order chi connectivity index (χ1) is 14.6. The van der Waals surface area contributed by atoms with Crippen LogP contribution in [0.15, 0.2) is 23.4 Å². The first-order valence-corrected chi connectivity index (χ1v) is 9.63. The Morgan fingerprint density at radius 2 is 1.94 bits per heavy atom. The molecule has 2 aromatic rings. The van der Waals surface area contributed by atoms with Crippen LogP contribution in [-0.4, -0.2) is 66.1 Å². The SMILES string of the molecule is CCCc1cn(CC2CCN(C(=O)c3c[nH]c(=O)cn3)CC2)nn1.O=C(O)C(F)(F)F. The Hall–Kier alpha value is -3.25. The van der Waals surface area contributed by atoms with E-state index in [0.29, 0.717) is 19.0 Å². The van der Waals surface area contributed by atoms with Crippen molar-refractivity contribution in [2.75, 3.05) is 13.1 Å². The number of alkyl halides is 3. The smallest absolute Gasteiger partial charge is 0.475 e. The second kappa shape index (κ2) is 10.7. The van der Waals surface area contributed by atoms with Crippen molar-refractivity contribution in [1.29, 1.82) is 0 Å². The minimum absolute atomic E-state index is 0.129. The highest BCUT2D eigenvalue weighted by atomic mass is 19.4. The number of H-pyrrole nitrogens is 1. The molecule has 0 atom stereocenters. The fourth-order valence-electron chi connectivity index (χ4n) is 3.00. The van der Waals surface area contributed by atoms with E-state index in [9.17, 15) is 22.8 Å². The fraction of sp³-hybridized carbons (Fsp3) is 0.556. The van der Waals surface area contributed by atoms with Crippen LogP contribution in [-0.2, 0) is 17.8 Å². The lowest BCUT2D eigenvalue weighted by Crippen LogP contribution is -2.40. The third kappa shape index (κ3) is 7.50. The van der Waals surface area contributed by atoms with Gasteiger partial charge in [-0.2, -0.15) is 13.2 Å². The van der Waals surface area contributed by atoms with Crippen LogP contribution < -0.4 is 5.56 Å². The predicted molar refractivity (Wildman–Crippen MR) is 101 cm³/mol. The van der Waals surface area contributed by atoms with Gasteiger partial charge in [-0.3, -0.25) is 14.3 Å². The second-order valence-corrected chi connectivity index (χ2v) is 7.02. The van der Waals surface area contributed by atoms with Crippen molar-refractivity contribution in [2.45, 2.75) is 45.3 Å². The van der Waals surface area contributed by atoms with Gasteiger partial charge >= 0.3 is 12.1 Å². The second-order valence-electron chi connectivity index (χ2n) is 7.02. The summed E-state index contributed by atoms with van der Waals surface area (Å²) in [6.07, 6.45) is 3.33. The molecule has 10 nitrogen and oxygen atoms in total. The molecule has 31 heavy (non-hydrogen) atoms. The number of nitrogens with zero attached hydrogens (tertiary/aromatic N) is 5. The van der Waals surface area contributed by atoms with E-state index in [1.54, 1.807) is 4.90 Å². The zero-order chi connectivity index (χ0) is 23.0. The van der Waals surface area contributed by atoms with Gasteiger partial charge in [0.15, 0.2) is 0 Å². The maximum absolute atomic E-state index is 12.4. The highest BCUT2D eigenvalue weighted by Crippen LogP contribution is 2.20. The number of aromatic amines is 1. The van der Waals surface area contributed by atoms with Crippen LogP contribution in [0.2, 0.25) is 0 Å². The maximum atomic E-state index is 12.4. The Balaban J connectivity index is 0.000000423. The number of nitrogens with one attached hydrogen (secondary N) is 1. The predicted octanol–water partition coefficient (Wildman–Crippen LogP) is 1.50. The number of aromatic nitrogens is 5. The van der Waals surface area contributed by atoms with Gasteiger partial charge in [-0.25, -0.2) is 9.78 Å². The molecular weight excluding hydrogens is 421 g/mol. The van der Waals surface area contributed by atoms with Crippen molar-refractivity contribution in [1.82, 2.24) is 29.9 Å². The van der Waals surface area contributed by atoms with E-state index < -0.39 is 12.1 Å². The van der Waals surface area contributed by atoms with Crippen LogP contribution in [0.4, 0.5) is 13.2 Å². The molecule has 170 valence electrons. The van der Waals surface area contributed by atoms with Crippen LogP contribution in [0.5, 0.6) is 0 Å². The third-order valence-electron chi connectivity index (χ3n) is 4.57. The molecule has 1 aliphatic heterocycles. The van der Waals surface area contributed by atoms with Gasteiger partial charge in [0.25, 0.3) is 11.5 Å². The van der Waals surface area contributed by atoms with E-state index in [1.807, 2.05) is 10.9 Å². The van der Waals surface area contributed by atoms with Crippen LogP contribution in [0.1, 0.15) is 42.4 Å². The summed E-state index contributed by atoms with van der Waals surface area (Å²) in [5, 5.41) is 15.5. The summed E-state index contributed by atoms with van der Waals surface area (Å²) in [6, 6.07) is 0. The summed E-state index contributed by atoms with van der Waals surface area (Å²) < 4.78 is 33.6. The topological polar surface area (TPSA) is 134 Å². The summed E-state index contributed by atoms with van der Waals surface area (Å²) in [6.45, 7) is 4.36. The van der Waals surface area contributed by atoms with Crippen LogP contribution in [0.25, 0.3) is 0 Å². The Kier molecular flexibility index (Phi) is 8.28. The zero-order valence-electron chi connectivity index (χ0n) is 16.8. The standard InChI is InChI=1S/C16H22N6O2.C2HF3O2/c1-2-3-13-11-22(20-19-13)10-12-4-6-21(7-5-12)16(24)14-8-18-15(23)9-17-14;3-2(4,5)1(6)7/h8-9,11-12H,2-7,10H2,1H3,(H,18,23);(H,6,7). The number of carbonyl (C=O) groups excluding carboxylic acids is 1. The van der Waals surface area contributed by atoms with Crippen molar-refractivity contribution in [3.05, 3.63) is 40.3 Å². The molecule has 0 radical (unpaired) electrons. The molecule has 1 aliphatic rings. The van der Waals surface area contributed by atoms with Crippen LogP contribution in [0.3, 0.4) is 0 Å². The lowest BCUT2D eigenvalue weighted by atomic mass is 9.96. The summed E-state index contributed by atoms with van der Waals surface area (Å²) >= 11 is 0. The molecule has 2 aromatic heterocycles. The minimum atomic E-state index is -5.08. The number of aliphatic carboxylic acids is 1. The number of rotatable bonds is 5. The Morgan fingerprint density at radius 1 is 1.29 bits per heavy atom. The van der Waals surface area contributed by atoms with Crippen molar-refractivity contribution in [3.8, 4) is 0 Å².